The number of hydrogen-bond donors (Lipinski definition) is 1. The molecule has 39 heavy (non-hydrogen) atoms. The van der Waals surface area contributed by atoms with Gasteiger partial charge in [0.25, 0.3) is 0 Å². The Morgan fingerprint density at radius 1 is 1.03 bits per heavy atom. The topological polar surface area (TPSA) is 62.7 Å². The summed E-state index contributed by atoms with van der Waals surface area (Å²) in [5.41, 5.74) is 5.63. The van der Waals surface area contributed by atoms with Crippen molar-refractivity contribution in [1.82, 2.24) is 4.37 Å². The first-order valence-corrected chi connectivity index (χ1v) is 15.4. The molecule has 1 aromatic heterocycles. The molecular weight excluding hydrogens is 504 g/mol. The van der Waals surface area contributed by atoms with Crippen LogP contribution in [0.1, 0.15) is 80.2 Å². The van der Waals surface area contributed by atoms with Crippen LogP contribution in [0.4, 0.5) is 5.69 Å². The number of aromatic nitrogens is 1. The predicted molar refractivity (Wildman–Crippen MR) is 160 cm³/mol. The van der Waals surface area contributed by atoms with E-state index in [1.165, 1.54) is 16.0 Å². The highest BCUT2D eigenvalue weighted by Crippen LogP contribution is 2.39. The predicted octanol–water partition coefficient (Wildman–Crippen LogP) is 7.55. The number of carbonyl (C=O) groups excluding carboxylic acids is 1. The van der Waals surface area contributed by atoms with Crippen LogP contribution in [-0.4, -0.2) is 35.1 Å². The van der Waals surface area contributed by atoms with Gasteiger partial charge in [-0.1, -0.05) is 31.2 Å². The van der Waals surface area contributed by atoms with Gasteiger partial charge >= 0.3 is 0 Å². The number of amides is 1. The van der Waals surface area contributed by atoms with Crippen LogP contribution in [0.3, 0.4) is 0 Å². The SMILES string of the molecule is CCc1cc(-c2cccc(N(C[C@H]3CC[C@H](c4ccc(OC)c(C)c4)CC3)C(=O)[C@H]3CC[C@H](O)CC3)c2)ns1. The zero-order valence-corrected chi connectivity index (χ0v) is 24.4. The average molecular weight is 547 g/mol. The highest BCUT2D eigenvalue weighted by molar-refractivity contribution is 7.06. The van der Waals surface area contributed by atoms with E-state index in [0.29, 0.717) is 11.8 Å². The fourth-order valence-electron chi connectivity index (χ4n) is 6.41. The zero-order valence-electron chi connectivity index (χ0n) is 23.6. The summed E-state index contributed by atoms with van der Waals surface area (Å²) < 4.78 is 10.1. The summed E-state index contributed by atoms with van der Waals surface area (Å²) in [6, 6.07) is 17.2. The number of aliphatic hydroxyl groups excluding tert-OH is 1. The maximum absolute atomic E-state index is 14.0. The zero-order chi connectivity index (χ0) is 27.4. The van der Waals surface area contributed by atoms with Crippen LogP contribution in [0, 0.1) is 18.8 Å². The van der Waals surface area contributed by atoms with Gasteiger partial charge in [0.2, 0.25) is 5.91 Å². The molecule has 1 N–H and O–H groups in total. The second-order valence-electron chi connectivity index (χ2n) is 11.5. The highest BCUT2D eigenvalue weighted by Gasteiger charge is 2.32. The van der Waals surface area contributed by atoms with E-state index in [0.717, 1.165) is 87.0 Å². The molecule has 0 atom stereocenters. The van der Waals surface area contributed by atoms with Crippen molar-refractivity contribution >= 4 is 23.1 Å². The van der Waals surface area contributed by atoms with Crippen molar-refractivity contribution in [2.24, 2.45) is 11.8 Å². The molecule has 2 aliphatic carbocycles. The molecular formula is C33H42N2O3S. The Hall–Kier alpha value is -2.70. The first kappa shape index (κ1) is 27.9. The highest BCUT2D eigenvalue weighted by atomic mass is 32.1. The minimum absolute atomic E-state index is 0.0124. The Labute approximate surface area is 237 Å². The van der Waals surface area contributed by atoms with Crippen LogP contribution >= 0.6 is 11.5 Å². The third-order valence-corrected chi connectivity index (χ3v) is 9.78. The molecule has 3 aromatic rings. The largest absolute Gasteiger partial charge is 0.496 e. The first-order chi connectivity index (χ1) is 18.9. The van der Waals surface area contributed by atoms with Crippen molar-refractivity contribution in [2.75, 3.05) is 18.6 Å². The lowest BCUT2D eigenvalue weighted by Gasteiger charge is -2.36. The van der Waals surface area contributed by atoms with Crippen molar-refractivity contribution < 1.29 is 14.6 Å². The number of carbonyl (C=O) groups is 1. The molecule has 1 heterocycles. The van der Waals surface area contributed by atoms with Gasteiger partial charge in [-0.3, -0.25) is 4.79 Å². The van der Waals surface area contributed by atoms with E-state index in [1.54, 1.807) is 18.6 Å². The average Bonchev–Trinajstić information content (AvgIpc) is 3.46. The molecule has 6 heteroatoms. The van der Waals surface area contributed by atoms with Gasteiger partial charge in [-0.2, -0.15) is 4.37 Å². The van der Waals surface area contributed by atoms with Crippen LogP contribution < -0.4 is 9.64 Å². The third kappa shape index (κ3) is 6.55. The summed E-state index contributed by atoms with van der Waals surface area (Å²) in [5.74, 6) is 2.20. The monoisotopic (exact) mass is 546 g/mol. The second-order valence-corrected chi connectivity index (χ2v) is 12.4. The van der Waals surface area contributed by atoms with Crippen molar-refractivity contribution in [1.29, 1.82) is 0 Å². The summed E-state index contributed by atoms with van der Waals surface area (Å²) in [6.07, 6.45) is 8.22. The van der Waals surface area contributed by atoms with Crippen molar-refractivity contribution in [2.45, 2.75) is 83.7 Å². The molecule has 0 saturated heterocycles. The number of ether oxygens (including phenoxy) is 1. The molecule has 2 aliphatic rings. The van der Waals surface area contributed by atoms with Crippen LogP contribution in [0.2, 0.25) is 0 Å². The molecule has 0 unspecified atom stereocenters. The van der Waals surface area contributed by atoms with Gasteiger partial charge in [-0.25, -0.2) is 0 Å². The molecule has 5 nitrogen and oxygen atoms in total. The second kappa shape index (κ2) is 12.6. The maximum atomic E-state index is 14.0. The molecule has 0 bridgehead atoms. The third-order valence-electron chi connectivity index (χ3n) is 8.85. The Bertz CT molecular complexity index is 1260. The van der Waals surface area contributed by atoms with Gasteiger partial charge in [0.1, 0.15) is 5.75 Å². The van der Waals surface area contributed by atoms with Gasteiger partial charge in [0, 0.05) is 28.6 Å². The lowest BCUT2D eigenvalue weighted by molar-refractivity contribution is -0.124. The van der Waals surface area contributed by atoms with Gasteiger partial charge in [-0.15, -0.1) is 0 Å². The Balaban J connectivity index is 1.33. The smallest absolute Gasteiger partial charge is 0.230 e. The van der Waals surface area contributed by atoms with Crippen molar-refractivity contribution in [3.63, 3.8) is 0 Å². The lowest BCUT2D eigenvalue weighted by Crippen LogP contribution is -2.41. The van der Waals surface area contributed by atoms with Crippen LogP contribution in [-0.2, 0) is 11.2 Å². The fraction of sp³-hybridized carbons (Fsp3) is 0.515. The quantitative estimate of drug-likeness (QED) is 0.317. The normalized spacial score (nSPS) is 23.4. The summed E-state index contributed by atoms with van der Waals surface area (Å²) in [5, 5.41) is 10.0. The van der Waals surface area contributed by atoms with Gasteiger partial charge in [0.15, 0.2) is 0 Å². The summed E-state index contributed by atoms with van der Waals surface area (Å²) in [4.78, 5) is 17.3. The Morgan fingerprint density at radius 3 is 2.46 bits per heavy atom. The number of nitrogens with zero attached hydrogens (tertiary/aromatic N) is 2. The van der Waals surface area contributed by atoms with Crippen LogP contribution in [0.5, 0.6) is 5.75 Å². The van der Waals surface area contributed by atoms with Crippen molar-refractivity contribution in [3.8, 4) is 17.0 Å². The molecule has 0 radical (unpaired) electrons. The molecule has 5 rings (SSSR count). The Morgan fingerprint density at radius 2 is 1.79 bits per heavy atom. The van der Waals surface area contributed by atoms with Gasteiger partial charge in [0.05, 0.1) is 18.9 Å². The molecule has 2 saturated carbocycles. The Kier molecular flexibility index (Phi) is 9.03. The lowest BCUT2D eigenvalue weighted by atomic mass is 9.78. The number of aryl methyl sites for hydroxylation is 2. The number of hydrogen-bond acceptors (Lipinski definition) is 5. The van der Waals surface area contributed by atoms with Gasteiger partial charge < -0.3 is 14.7 Å². The van der Waals surface area contributed by atoms with Crippen molar-refractivity contribution in [3.05, 3.63) is 64.5 Å². The minimum atomic E-state index is -0.264. The van der Waals surface area contributed by atoms with E-state index in [1.807, 2.05) is 0 Å². The summed E-state index contributed by atoms with van der Waals surface area (Å²) in [7, 11) is 1.73. The first-order valence-electron chi connectivity index (χ1n) is 14.6. The molecule has 0 spiro atoms. The standard InChI is InChI=1S/C33H42N2O3S/c1-4-30-20-31(34-39-30)27-6-5-7-28(19-27)35(33(37)25-12-15-29(36)16-13-25)21-23-8-10-24(11-9-23)26-14-17-32(38-3)22(2)18-26/h5-7,14,17-20,23-25,29,36H,4,8-13,15-16,21H2,1-3H3/t23-,24-,25-,29-. The summed E-state index contributed by atoms with van der Waals surface area (Å²) in [6.45, 7) is 5.03. The van der Waals surface area contributed by atoms with E-state index >= 15 is 0 Å². The number of aliphatic hydroxyl groups is 1. The number of anilines is 1. The molecule has 2 aromatic carbocycles. The molecule has 0 aliphatic heterocycles. The number of rotatable bonds is 8. The van der Waals surface area contributed by atoms with E-state index in [2.05, 4.69) is 71.7 Å². The van der Waals surface area contributed by atoms with E-state index in [4.69, 9.17) is 4.74 Å². The summed E-state index contributed by atoms with van der Waals surface area (Å²) >= 11 is 1.56. The molecule has 208 valence electrons. The maximum Gasteiger partial charge on any atom is 0.230 e. The van der Waals surface area contributed by atoms with Gasteiger partial charge in [-0.05, 0) is 123 Å². The van der Waals surface area contributed by atoms with E-state index < -0.39 is 0 Å². The number of methoxy groups -OCH3 is 1. The fourth-order valence-corrected chi connectivity index (χ4v) is 7.07. The van der Waals surface area contributed by atoms with E-state index in [-0.39, 0.29) is 17.9 Å². The number of benzene rings is 2. The minimum Gasteiger partial charge on any atom is -0.496 e. The van der Waals surface area contributed by atoms with Crippen LogP contribution in [0.15, 0.2) is 48.5 Å². The van der Waals surface area contributed by atoms with Crippen LogP contribution in [0.25, 0.3) is 11.3 Å². The van der Waals surface area contributed by atoms with E-state index in [9.17, 15) is 9.90 Å². The molecule has 2 fully saturated rings. The molecule has 1 amide bonds.